The molecule has 0 heterocycles. The summed E-state index contributed by atoms with van der Waals surface area (Å²) in [5.74, 6) is 0.0862. The molecule has 0 spiro atoms. The highest BCUT2D eigenvalue weighted by Gasteiger charge is 2.11. The van der Waals surface area contributed by atoms with E-state index in [0.29, 0.717) is 30.1 Å². The van der Waals surface area contributed by atoms with Crippen molar-refractivity contribution in [2.24, 2.45) is 5.73 Å². The maximum atomic E-state index is 11.7. The summed E-state index contributed by atoms with van der Waals surface area (Å²) in [5.41, 5.74) is 5.88. The summed E-state index contributed by atoms with van der Waals surface area (Å²) in [6.45, 7) is 0.508. The van der Waals surface area contributed by atoms with Crippen LogP contribution in [-0.4, -0.2) is 20.7 Å². The molecule has 0 aliphatic heterocycles. The van der Waals surface area contributed by atoms with Crippen molar-refractivity contribution in [3.8, 4) is 0 Å². The Hall–Kier alpha value is -0.0500. The fraction of sp³-hybridized carbons (Fsp3) is 0.400. The van der Waals surface area contributed by atoms with Gasteiger partial charge in [0.05, 0.1) is 11.4 Å². The van der Waals surface area contributed by atoms with E-state index in [1.165, 1.54) is 0 Å². The predicted molar refractivity (Wildman–Crippen MR) is 79.9 cm³/mol. The van der Waals surface area contributed by atoms with Gasteiger partial charge in [-0.25, -0.2) is 8.42 Å². The quantitative estimate of drug-likeness (QED) is 0.581. The molecule has 0 aliphatic carbocycles. The van der Waals surface area contributed by atoms with Crippen molar-refractivity contribution in [1.29, 1.82) is 0 Å². The second-order valence-electron chi connectivity index (χ2n) is 3.54. The van der Waals surface area contributed by atoms with Crippen LogP contribution in [0.4, 0.5) is 5.69 Å². The molecular formula is C10H14ClIN2O2S. The number of halogens is 2. The van der Waals surface area contributed by atoms with Crippen molar-refractivity contribution in [2.45, 2.75) is 12.8 Å². The number of benzene rings is 1. The van der Waals surface area contributed by atoms with Crippen LogP contribution in [-0.2, 0) is 10.0 Å². The number of nitrogens with one attached hydrogen (secondary N) is 1. The number of anilines is 1. The van der Waals surface area contributed by atoms with Crippen molar-refractivity contribution in [3.05, 3.63) is 26.8 Å². The first-order valence-corrected chi connectivity index (χ1v) is 8.21. The van der Waals surface area contributed by atoms with Gasteiger partial charge in [0.15, 0.2) is 0 Å². The number of unbranched alkanes of at least 4 members (excludes halogenated alkanes) is 1. The normalized spacial score (nSPS) is 11.5. The minimum absolute atomic E-state index is 0.0862. The highest BCUT2D eigenvalue weighted by Crippen LogP contribution is 2.23. The minimum Gasteiger partial charge on any atom is -0.330 e. The molecule has 0 saturated carbocycles. The molecule has 0 fully saturated rings. The van der Waals surface area contributed by atoms with E-state index < -0.39 is 10.0 Å². The van der Waals surface area contributed by atoms with E-state index >= 15 is 0 Å². The average molecular weight is 389 g/mol. The van der Waals surface area contributed by atoms with Gasteiger partial charge in [-0.3, -0.25) is 4.72 Å². The molecule has 1 rings (SSSR count). The van der Waals surface area contributed by atoms with Gasteiger partial charge >= 0.3 is 0 Å². The molecule has 0 saturated heterocycles. The molecular weight excluding hydrogens is 375 g/mol. The summed E-state index contributed by atoms with van der Waals surface area (Å²) >= 11 is 7.83. The zero-order chi connectivity index (χ0) is 12.9. The first-order chi connectivity index (χ1) is 7.94. The molecule has 0 bridgehead atoms. The second kappa shape index (κ2) is 6.77. The third-order valence-electron chi connectivity index (χ3n) is 2.06. The van der Waals surface area contributed by atoms with Gasteiger partial charge in [0.2, 0.25) is 10.0 Å². The lowest BCUT2D eigenvalue weighted by Gasteiger charge is -2.09. The highest BCUT2D eigenvalue weighted by atomic mass is 127. The Labute approximate surface area is 120 Å². The molecule has 0 amide bonds. The van der Waals surface area contributed by atoms with Crippen LogP contribution >= 0.6 is 34.2 Å². The fourth-order valence-corrected chi connectivity index (χ4v) is 3.62. The topological polar surface area (TPSA) is 72.2 Å². The first kappa shape index (κ1) is 15.0. The third kappa shape index (κ3) is 5.41. The fourth-order valence-electron chi connectivity index (χ4n) is 1.23. The molecule has 0 aromatic heterocycles. The van der Waals surface area contributed by atoms with Crippen LogP contribution in [0.25, 0.3) is 0 Å². The predicted octanol–water partition coefficient (Wildman–Crippen LogP) is 2.43. The smallest absolute Gasteiger partial charge is 0.232 e. The number of hydrogen-bond donors (Lipinski definition) is 2. The van der Waals surface area contributed by atoms with Gasteiger partial charge in [0.25, 0.3) is 0 Å². The molecule has 3 N–H and O–H groups in total. The number of sulfonamides is 1. The van der Waals surface area contributed by atoms with Crippen LogP contribution in [0, 0.1) is 3.57 Å². The van der Waals surface area contributed by atoms with Crippen LogP contribution in [0.5, 0.6) is 0 Å². The molecule has 0 unspecified atom stereocenters. The van der Waals surface area contributed by atoms with Gasteiger partial charge in [0, 0.05) is 8.59 Å². The molecule has 4 nitrogen and oxygen atoms in total. The zero-order valence-electron chi connectivity index (χ0n) is 9.12. The Morgan fingerprint density at radius 1 is 1.35 bits per heavy atom. The summed E-state index contributed by atoms with van der Waals surface area (Å²) in [4.78, 5) is 0. The monoisotopic (exact) mass is 388 g/mol. The van der Waals surface area contributed by atoms with E-state index in [9.17, 15) is 8.42 Å². The molecule has 96 valence electrons. The molecule has 17 heavy (non-hydrogen) atoms. The van der Waals surface area contributed by atoms with Gasteiger partial charge in [-0.1, -0.05) is 11.6 Å². The third-order valence-corrected chi connectivity index (χ3v) is 4.55. The molecule has 1 aromatic rings. The second-order valence-corrected chi connectivity index (χ2v) is 6.98. The Kier molecular flexibility index (Phi) is 5.98. The van der Waals surface area contributed by atoms with Gasteiger partial charge in [0.1, 0.15) is 0 Å². The van der Waals surface area contributed by atoms with Crippen LogP contribution < -0.4 is 10.5 Å². The van der Waals surface area contributed by atoms with Crippen molar-refractivity contribution in [2.75, 3.05) is 17.0 Å². The van der Waals surface area contributed by atoms with E-state index in [0.717, 1.165) is 3.57 Å². The van der Waals surface area contributed by atoms with Crippen LogP contribution in [0.15, 0.2) is 18.2 Å². The Bertz CT molecular complexity index is 479. The standard InChI is InChI=1S/C10H14ClIN2O2S/c11-8-3-4-10(9(12)7-8)14-17(15,16)6-2-1-5-13/h3-4,7,14H,1-2,5-6,13H2. The lowest BCUT2D eigenvalue weighted by Crippen LogP contribution is -2.18. The van der Waals surface area contributed by atoms with E-state index in [1.54, 1.807) is 18.2 Å². The summed E-state index contributed by atoms with van der Waals surface area (Å²) in [6.07, 6.45) is 1.27. The molecule has 0 atom stereocenters. The van der Waals surface area contributed by atoms with Crippen molar-refractivity contribution < 1.29 is 8.42 Å². The molecule has 1 aromatic carbocycles. The SMILES string of the molecule is NCCCCS(=O)(=O)Nc1ccc(Cl)cc1I. The Morgan fingerprint density at radius 2 is 2.06 bits per heavy atom. The molecule has 7 heteroatoms. The maximum absolute atomic E-state index is 11.7. The summed E-state index contributed by atoms with van der Waals surface area (Å²) in [5, 5.41) is 0.584. The molecule has 0 aliphatic rings. The Morgan fingerprint density at radius 3 is 2.65 bits per heavy atom. The summed E-state index contributed by atoms with van der Waals surface area (Å²) < 4.78 is 26.8. The van der Waals surface area contributed by atoms with Gasteiger partial charge in [-0.2, -0.15) is 0 Å². The molecule has 0 radical (unpaired) electrons. The maximum Gasteiger partial charge on any atom is 0.232 e. The Balaban J connectivity index is 2.69. The highest BCUT2D eigenvalue weighted by molar-refractivity contribution is 14.1. The van der Waals surface area contributed by atoms with Gasteiger partial charge in [-0.15, -0.1) is 0 Å². The van der Waals surface area contributed by atoms with Gasteiger partial charge < -0.3 is 5.73 Å². The van der Waals surface area contributed by atoms with E-state index in [-0.39, 0.29) is 5.75 Å². The van der Waals surface area contributed by atoms with Crippen LogP contribution in [0.1, 0.15) is 12.8 Å². The number of hydrogen-bond acceptors (Lipinski definition) is 3. The lowest BCUT2D eigenvalue weighted by atomic mass is 10.3. The lowest BCUT2D eigenvalue weighted by molar-refractivity contribution is 0.597. The van der Waals surface area contributed by atoms with E-state index in [2.05, 4.69) is 4.72 Å². The van der Waals surface area contributed by atoms with Crippen molar-refractivity contribution >= 4 is 49.9 Å². The van der Waals surface area contributed by atoms with E-state index in [4.69, 9.17) is 17.3 Å². The minimum atomic E-state index is -3.30. The largest absolute Gasteiger partial charge is 0.330 e. The number of nitrogens with two attached hydrogens (primary N) is 1. The van der Waals surface area contributed by atoms with E-state index in [1.807, 2.05) is 22.6 Å². The van der Waals surface area contributed by atoms with Crippen LogP contribution in [0.3, 0.4) is 0 Å². The van der Waals surface area contributed by atoms with Crippen LogP contribution in [0.2, 0.25) is 5.02 Å². The number of rotatable bonds is 6. The van der Waals surface area contributed by atoms with Crippen molar-refractivity contribution in [3.63, 3.8) is 0 Å². The first-order valence-electron chi connectivity index (χ1n) is 5.10. The summed E-state index contributed by atoms with van der Waals surface area (Å²) in [7, 11) is -3.30. The summed E-state index contributed by atoms with van der Waals surface area (Å²) in [6, 6.07) is 5.02. The average Bonchev–Trinajstić information content (AvgIpc) is 2.22. The van der Waals surface area contributed by atoms with Crippen molar-refractivity contribution in [1.82, 2.24) is 0 Å². The van der Waals surface area contributed by atoms with Gasteiger partial charge in [-0.05, 0) is 60.2 Å². The zero-order valence-corrected chi connectivity index (χ0v) is 12.8.